The number of nitrogens with zero attached hydrogens (tertiary/aromatic N) is 3. The molecule has 0 bridgehead atoms. The van der Waals surface area contributed by atoms with E-state index in [0.717, 1.165) is 31.5 Å². The fraction of sp³-hybridized carbons (Fsp3) is 0.571. The van der Waals surface area contributed by atoms with Crippen molar-refractivity contribution >= 4 is 11.8 Å². The summed E-state index contributed by atoms with van der Waals surface area (Å²) in [6.07, 6.45) is 7.94. The number of hydrogen-bond acceptors (Lipinski definition) is 4. The molecular weight excluding hydrogens is 310 g/mol. The number of hydrogen-bond donors (Lipinski definition) is 0. The van der Waals surface area contributed by atoms with Crippen LogP contribution in [0.5, 0.6) is 0 Å². The lowest BCUT2D eigenvalue weighted by atomic mass is 9.91. The van der Waals surface area contributed by atoms with E-state index in [2.05, 4.69) is 58.4 Å². The molecule has 1 heterocycles. The monoisotopic (exact) mass is 341 g/mol. The number of allylic oxidation sites excluding steroid dienone is 1. The molecule has 1 aliphatic carbocycles. The lowest BCUT2D eigenvalue weighted by Gasteiger charge is -2.32. The van der Waals surface area contributed by atoms with Gasteiger partial charge in [0, 0.05) is 32.7 Å². The molecule has 1 aliphatic heterocycles. The van der Waals surface area contributed by atoms with Crippen LogP contribution < -0.4 is 0 Å². The van der Waals surface area contributed by atoms with Crippen LogP contribution in [0.3, 0.4) is 0 Å². The zero-order valence-corrected chi connectivity index (χ0v) is 15.5. The molecule has 4 heteroatoms. The van der Waals surface area contributed by atoms with Crippen LogP contribution in [0.4, 0.5) is 0 Å². The van der Waals surface area contributed by atoms with Crippen LogP contribution in [0.15, 0.2) is 41.1 Å². The van der Waals surface area contributed by atoms with E-state index in [-0.39, 0.29) is 0 Å². The SMILES string of the molecule is CN1CCN(CCCON=C2CCCCC2=Cc2ccccc2)CC1. The first-order chi connectivity index (χ1) is 12.3. The summed E-state index contributed by atoms with van der Waals surface area (Å²) in [4.78, 5) is 10.6. The summed E-state index contributed by atoms with van der Waals surface area (Å²) in [5.41, 5.74) is 3.74. The number of rotatable bonds is 6. The van der Waals surface area contributed by atoms with Gasteiger partial charge in [0.25, 0.3) is 0 Å². The van der Waals surface area contributed by atoms with Crippen molar-refractivity contribution in [3.8, 4) is 0 Å². The van der Waals surface area contributed by atoms with Crippen LogP contribution in [-0.2, 0) is 4.84 Å². The normalized spacial score (nSPS) is 23.2. The number of benzene rings is 1. The van der Waals surface area contributed by atoms with Gasteiger partial charge in [-0.25, -0.2) is 0 Å². The van der Waals surface area contributed by atoms with E-state index in [1.165, 1.54) is 50.2 Å². The van der Waals surface area contributed by atoms with Crippen molar-refractivity contribution in [1.29, 1.82) is 0 Å². The standard InChI is InChI=1S/C21H31N3O/c1-23-13-15-24(16-14-23)12-7-17-25-22-21-11-6-5-10-20(21)18-19-8-3-2-4-9-19/h2-4,8-9,18H,5-7,10-17H2,1H3. The minimum Gasteiger partial charge on any atom is -0.396 e. The lowest BCUT2D eigenvalue weighted by molar-refractivity contribution is 0.110. The molecule has 0 atom stereocenters. The van der Waals surface area contributed by atoms with Crippen molar-refractivity contribution in [1.82, 2.24) is 9.80 Å². The van der Waals surface area contributed by atoms with Gasteiger partial charge in [0.1, 0.15) is 6.61 Å². The van der Waals surface area contributed by atoms with E-state index in [1.807, 2.05) is 0 Å². The minimum absolute atomic E-state index is 0.717. The summed E-state index contributed by atoms with van der Waals surface area (Å²) in [5, 5.41) is 4.48. The highest BCUT2D eigenvalue weighted by Gasteiger charge is 2.15. The smallest absolute Gasteiger partial charge is 0.118 e. The highest BCUT2D eigenvalue weighted by molar-refractivity contribution is 6.03. The van der Waals surface area contributed by atoms with Crippen molar-refractivity contribution < 1.29 is 4.84 Å². The molecule has 2 aliphatic rings. The van der Waals surface area contributed by atoms with Gasteiger partial charge in [-0.2, -0.15) is 0 Å². The Bertz CT molecular complexity index is 574. The quantitative estimate of drug-likeness (QED) is 0.584. The van der Waals surface area contributed by atoms with Gasteiger partial charge in [-0.05, 0) is 56.4 Å². The first-order valence-corrected chi connectivity index (χ1v) is 9.67. The maximum absolute atomic E-state index is 5.66. The Morgan fingerprint density at radius 2 is 1.80 bits per heavy atom. The van der Waals surface area contributed by atoms with Crippen molar-refractivity contribution in [3.05, 3.63) is 41.5 Å². The highest BCUT2D eigenvalue weighted by Crippen LogP contribution is 2.23. The molecule has 136 valence electrons. The second-order valence-corrected chi connectivity index (χ2v) is 7.16. The third-order valence-corrected chi connectivity index (χ3v) is 5.10. The molecule has 0 aromatic heterocycles. The fourth-order valence-electron chi connectivity index (χ4n) is 3.47. The molecule has 3 rings (SSSR count). The number of oxime groups is 1. The molecule has 1 aromatic rings. The van der Waals surface area contributed by atoms with Gasteiger partial charge in [0.2, 0.25) is 0 Å². The van der Waals surface area contributed by atoms with Crippen LogP contribution in [-0.4, -0.2) is 61.9 Å². The molecule has 4 nitrogen and oxygen atoms in total. The van der Waals surface area contributed by atoms with Crippen molar-refractivity contribution in [2.75, 3.05) is 46.4 Å². The summed E-state index contributed by atoms with van der Waals surface area (Å²) in [5.74, 6) is 0. The van der Waals surface area contributed by atoms with Gasteiger partial charge in [0.05, 0.1) is 5.71 Å². The Labute approximate surface area is 152 Å². The van der Waals surface area contributed by atoms with E-state index in [0.29, 0.717) is 6.61 Å². The topological polar surface area (TPSA) is 28.1 Å². The van der Waals surface area contributed by atoms with E-state index >= 15 is 0 Å². The molecule has 25 heavy (non-hydrogen) atoms. The van der Waals surface area contributed by atoms with Crippen LogP contribution >= 0.6 is 0 Å². The Morgan fingerprint density at radius 1 is 1.04 bits per heavy atom. The predicted molar refractivity (Wildman–Crippen MR) is 105 cm³/mol. The van der Waals surface area contributed by atoms with E-state index in [9.17, 15) is 0 Å². The Morgan fingerprint density at radius 3 is 2.60 bits per heavy atom. The first-order valence-electron chi connectivity index (χ1n) is 9.67. The zero-order valence-electron chi connectivity index (χ0n) is 15.5. The van der Waals surface area contributed by atoms with Crippen LogP contribution in [0.1, 0.15) is 37.7 Å². The molecule has 0 N–H and O–H groups in total. The van der Waals surface area contributed by atoms with Crippen molar-refractivity contribution in [2.45, 2.75) is 32.1 Å². The van der Waals surface area contributed by atoms with Crippen molar-refractivity contribution in [2.24, 2.45) is 5.16 Å². The Balaban J connectivity index is 1.45. The fourth-order valence-corrected chi connectivity index (χ4v) is 3.47. The van der Waals surface area contributed by atoms with Crippen LogP contribution in [0.25, 0.3) is 6.08 Å². The van der Waals surface area contributed by atoms with E-state index in [4.69, 9.17) is 4.84 Å². The minimum atomic E-state index is 0.717. The lowest BCUT2D eigenvalue weighted by Crippen LogP contribution is -2.44. The largest absolute Gasteiger partial charge is 0.396 e. The average Bonchev–Trinajstić information content (AvgIpc) is 2.65. The maximum atomic E-state index is 5.66. The van der Waals surface area contributed by atoms with Gasteiger partial charge in [0.15, 0.2) is 0 Å². The first kappa shape index (κ1) is 18.2. The number of likely N-dealkylation sites (N-methyl/N-ethyl adjacent to an activating group) is 1. The van der Waals surface area contributed by atoms with Crippen LogP contribution in [0.2, 0.25) is 0 Å². The highest BCUT2D eigenvalue weighted by atomic mass is 16.6. The number of piperazine rings is 1. The summed E-state index contributed by atoms with van der Waals surface area (Å²) >= 11 is 0. The molecule has 1 aromatic carbocycles. The summed E-state index contributed by atoms with van der Waals surface area (Å²) in [6.45, 7) is 6.54. The zero-order chi connectivity index (χ0) is 17.3. The summed E-state index contributed by atoms with van der Waals surface area (Å²) in [6, 6.07) is 10.5. The predicted octanol–water partition coefficient (Wildman–Crippen LogP) is 3.65. The average molecular weight is 341 g/mol. The third kappa shape index (κ3) is 5.98. The second kappa shape index (κ2) is 9.73. The van der Waals surface area contributed by atoms with Gasteiger partial charge >= 0.3 is 0 Å². The summed E-state index contributed by atoms with van der Waals surface area (Å²) in [7, 11) is 2.20. The van der Waals surface area contributed by atoms with Gasteiger partial charge < -0.3 is 14.6 Å². The maximum Gasteiger partial charge on any atom is 0.118 e. The molecule has 0 unspecified atom stereocenters. The molecule has 1 saturated carbocycles. The van der Waals surface area contributed by atoms with Crippen molar-refractivity contribution in [3.63, 3.8) is 0 Å². The van der Waals surface area contributed by atoms with E-state index in [1.54, 1.807) is 0 Å². The van der Waals surface area contributed by atoms with Gasteiger partial charge in [-0.3, -0.25) is 0 Å². The van der Waals surface area contributed by atoms with Crippen LogP contribution in [0, 0.1) is 0 Å². The van der Waals surface area contributed by atoms with Gasteiger partial charge in [-0.1, -0.05) is 35.5 Å². The molecular formula is C21H31N3O. The molecule has 1 saturated heterocycles. The van der Waals surface area contributed by atoms with E-state index < -0.39 is 0 Å². The molecule has 0 amide bonds. The third-order valence-electron chi connectivity index (χ3n) is 5.10. The summed E-state index contributed by atoms with van der Waals surface area (Å²) < 4.78 is 0. The second-order valence-electron chi connectivity index (χ2n) is 7.16. The molecule has 2 fully saturated rings. The Kier molecular flexibility index (Phi) is 7.07. The Hall–Kier alpha value is -1.65. The molecule has 0 spiro atoms. The molecule has 0 radical (unpaired) electrons. The van der Waals surface area contributed by atoms with Gasteiger partial charge in [-0.15, -0.1) is 0 Å².